The first-order valence-corrected chi connectivity index (χ1v) is 9.13. The minimum Gasteiger partial charge on any atom is -0.454 e. The van der Waals surface area contributed by atoms with Gasteiger partial charge in [0.2, 0.25) is 6.79 Å². The number of nitrogens with zero attached hydrogens (tertiary/aromatic N) is 2. The quantitative estimate of drug-likeness (QED) is 0.696. The van der Waals surface area contributed by atoms with Gasteiger partial charge in [-0.3, -0.25) is 0 Å². The second-order valence-corrected chi connectivity index (χ2v) is 7.15. The number of aromatic nitrogens is 1. The van der Waals surface area contributed by atoms with E-state index in [2.05, 4.69) is 55.0 Å². The highest BCUT2D eigenvalue weighted by molar-refractivity contribution is 7.07. The predicted molar refractivity (Wildman–Crippen MR) is 99.9 cm³/mol. The highest BCUT2D eigenvalue weighted by atomic mass is 32.1. The van der Waals surface area contributed by atoms with Crippen LogP contribution in [0, 0.1) is 20.8 Å². The molecule has 1 aromatic heterocycles. The normalized spacial score (nSPS) is 13.5. The van der Waals surface area contributed by atoms with Crippen molar-refractivity contribution in [3.05, 3.63) is 69.0 Å². The van der Waals surface area contributed by atoms with Crippen LogP contribution < -0.4 is 14.3 Å². The van der Waals surface area contributed by atoms with Gasteiger partial charge in [-0.2, -0.15) is 0 Å². The van der Waals surface area contributed by atoms with Crippen LogP contribution in [0.5, 0.6) is 11.5 Å². The smallest absolute Gasteiger partial charge is 0.231 e. The van der Waals surface area contributed by atoms with Crippen molar-refractivity contribution >= 4 is 17.0 Å². The molecule has 3 aromatic rings. The molecule has 0 saturated heterocycles. The third-order valence-electron chi connectivity index (χ3n) is 4.48. The van der Waals surface area contributed by atoms with Crippen molar-refractivity contribution in [1.82, 2.24) is 4.57 Å². The summed E-state index contributed by atoms with van der Waals surface area (Å²) >= 11 is 1.67. The first-order chi connectivity index (χ1) is 12.1. The fraction of sp³-hybridized carbons (Fsp3) is 0.250. The average molecular weight is 352 g/mol. The lowest BCUT2D eigenvalue weighted by atomic mass is 10.1. The van der Waals surface area contributed by atoms with Crippen LogP contribution in [0.25, 0.3) is 0 Å². The Labute approximate surface area is 151 Å². The predicted octanol–water partition coefficient (Wildman–Crippen LogP) is 4.48. The molecule has 0 spiro atoms. The molecule has 25 heavy (non-hydrogen) atoms. The zero-order valence-electron chi connectivity index (χ0n) is 14.6. The third-order valence-corrected chi connectivity index (χ3v) is 5.47. The van der Waals surface area contributed by atoms with E-state index >= 15 is 0 Å². The molecule has 0 unspecified atom stereocenters. The summed E-state index contributed by atoms with van der Waals surface area (Å²) in [5.41, 5.74) is 5.91. The zero-order valence-corrected chi connectivity index (χ0v) is 15.4. The fourth-order valence-corrected chi connectivity index (χ4v) is 3.72. The summed E-state index contributed by atoms with van der Waals surface area (Å²) in [6.45, 7) is 7.41. The van der Waals surface area contributed by atoms with Crippen molar-refractivity contribution < 1.29 is 9.47 Å². The van der Waals surface area contributed by atoms with E-state index in [1.165, 1.54) is 22.4 Å². The van der Waals surface area contributed by atoms with Crippen molar-refractivity contribution in [2.45, 2.75) is 27.3 Å². The Bertz CT molecular complexity index is 1000. The molecule has 0 fully saturated rings. The molecular weight excluding hydrogens is 332 g/mol. The van der Waals surface area contributed by atoms with Gasteiger partial charge in [0.15, 0.2) is 16.3 Å². The number of ether oxygens (including phenoxy) is 2. The maximum atomic E-state index is 5.49. The van der Waals surface area contributed by atoms with Crippen molar-refractivity contribution in [3.63, 3.8) is 0 Å². The van der Waals surface area contributed by atoms with Gasteiger partial charge in [-0.15, -0.1) is 11.3 Å². The van der Waals surface area contributed by atoms with Crippen LogP contribution in [0.4, 0.5) is 5.69 Å². The van der Waals surface area contributed by atoms with Crippen LogP contribution in [-0.2, 0) is 6.54 Å². The second-order valence-electron chi connectivity index (χ2n) is 6.31. The standard InChI is InChI=1S/C20H20N2O2S/c1-13-4-6-17(8-14(13)2)21-20-22(15(3)11-25-20)10-16-5-7-18-19(9-16)24-12-23-18/h4-9,11H,10,12H2,1-3H3. The summed E-state index contributed by atoms with van der Waals surface area (Å²) in [7, 11) is 0. The average Bonchev–Trinajstić information content (AvgIpc) is 3.19. The Hall–Kier alpha value is -2.53. The molecule has 5 heteroatoms. The summed E-state index contributed by atoms with van der Waals surface area (Å²) < 4.78 is 13.1. The number of aryl methyl sites for hydroxylation is 3. The number of rotatable bonds is 3. The van der Waals surface area contributed by atoms with E-state index in [1.54, 1.807) is 11.3 Å². The van der Waals surface area contributed by atoms with Gasteiger partial charge < -0.3 is 14.0 Å². The van der Waals surface area contributed by atoms with Crippen LogP contribution in [0.1, 0.15) is 22.4 Å². The van der Waals surface area contributed by atoms with Crippen molar-refractivity contribution in [2.75, 3.05) is 6.79 Å². The lowest BCUT2D eigenvalue weighted by molar-refractivity contribution is 0.174. The third kappa shape index (κ3) is 3.20. The minimum atomic E-state index is 0.302. The first kappa shape index (κ1) is 16.0. The van der Waals surface area contributed by atoms with Crippen LogP contribution in [0.3, 0.4) is 0 Å². The molecule has 0 aliphatic carbocycles. The van der Waals surface area contributed by atoms with Gasteiger partial charge in [-0.1, -0.05) is 12.1 Å². The summed E-state index contributed by atoms with van der Waals surface area (Å²) in [5, 5.41) is 2.15. The highest BCUT2D eigenvalue weighted by Crippen LogP contribution is 2.32. The second kappa shape index (κ2) is 6.41. The largest absolute Gasteiger partial charge is 0.454 e. The van der Waals surface area contributed by atoms with Crippen LogP contribution >= 0.6 is 11.3 Å². The Morgan fingerprint density at radius 2 is 1.84 bits per heavy atom. The fourth-order valence-electron chi connectivity index (χ4n) is 2.82. The van der Waals surface area contributed by atoms with Gasteiger partial charge in [-0.25, -0.2) is 4.99 Å². The maximum absolute atomic E-state index is 5.49. The molecule has 4 rings (SSSR count). The van der Waals surface area contributed by atoms with E-state index in [1.807, 2.05) is 12.1 Å². The molecule has 0 N–H and O–H groups in total. The molecule has 0 radical (unpaired) electrons. The van der Waals surface area contributed by atoms with E-state index < -0.39 is 0 Å². The van der Waals surface area contributed by atoms with Crippen LogP contribution in [0.15, 0.2) is 46.8 Å². The van der Waals surface area contributed by atoms with Gasteiger partial charge >= 0.3 is 0 Å². The summed E-state index contributed by atoms with van der Waals surface area (Å²) in [4.78, 5) is 5.86. The molecule has 0 saturated carbocycles. The topological polar surface area (TPSA) is 35.8 Å². The van der Waals surface area contributed by atoms with Crippen molar-refractivity contribution in [3.8, 4) is 11.5 Å². The van der Waals surface area contributed by atoms with E-state index in [0.29, 0.717) is 6.79 Å². The Morgan fingerprint density at radius 3 is 2.68 bits per heavy atom. The Morgan fingerprint density at radius 1 is 1.00 bits per heavy atom. The minimum absolute atomic E-state index is 0.302. The van der Waals surface area contributed by atoms with E-state index in [0.717, 1.165) is 28.5 Å². The van der Waals surface area contributed by atoms with Gasteiger partial charge in [0, 0.05) is 11.1 Å². The highest BCUT2D eigenvalue weighted by Gasteiger charge is 2.14. The lowest BCUT2D eigenvalue weighted by Gasteiger charge is -2.07. The van der Waals surface area contributed by atoms with Crippen molar-refractivity contribution in [1.29, 1.82) is 0 Å². The lowest BCUT2D eigenvalue weighted by Crippen LogP contribution is -2.16. The summed E-state index contributed by atoms with van der Waals surface area (Å²) in [6, 6.07) is 12.4. The molecule has 0 amide bonds. The molecule has 0 bridgehead atoms. The molecule has 1 aliphatic heterocycles. The number of benzene rings is 2. The van der Waals surface area contributed by atoms with Gasteiger partial charge in [0.1, 0.15) is 0 Å². The SMILES string of the molecule is Cc1ccc(N=c2scc(C)n2Cc2ccc3c(c2)OCO3)cc1C. The molecule has 0 atom stereocenters. The molecule has 1 aliphatic rings. The number of thiazole rings is 1. The molecular formula is C20H20N2O2S. The number of hydrogen-bond donors (Lipinski definition) is 0. The van der Waals surface area contributed by atoms with E-state index in [4.69, 9.17) is 14.5 Å². The molecule has 2 heterocycles. The molecule has 128 valence electrons. The van der Waals surface area contributed by atoms with Crippen LogP contribution in [0.2, 0.25) is 0 Å². The van der Waals surface area contributed by atoms with Crippen LogP contribution in [-0.4, -0.2) is 11.4 Å². The Kier molecular flexibility index (Phi) is 4.09. The van der Waals surface area contributed by atoms with E-state index in [-0.39, 0.29) is 0 Å². The molecule has 2 aromatic carbocycles. The van der Waals surface area contributed by atoms with E-state index in [9.17, 15) is 0 Å². The number of hydrogen-bond acceptors (Lipinski definition) is 4. The molecule has 4 nitrogen and oxygen atoms in total. The number of fused-ring (bicyclic) bond motifs is 1. The first-order valence-electron chi connectivity index (χ1n) is 8.25. The van der Waals surface area contributed by atoms with Gasteiger partial charge in [0.25, 0.3) is 0 Å². The zero-order chi connectivity index (χ0) is 17.4. The Balaban J connectivity index is 1.70. The van der Waals surface area contributed by atoms with Gasteiger partial charge in [0.05, 0.1) is 12.2 Å². The van der Waals surface area contributed by atoms with Crippen molar-refractivity contribution in [2.24, 2.45) is 4.99 Å². The van der Waals surface area contributed by atoms with Gasteiger partial charge in [-0.05, 0) is 61.7 Å². The summed E-state index contributed by atoms with van der Waals surface area (Å²) in [6.07, 6.45) is 0. The maximum Gasteiger partial charge on any atom is 0.231 e. The summed E-state index contributed by atoms with van der Waals surface area (Å²) in [5.74, 6) is 1.63. The monoisotopic (exact) mass is 352 g/mol.